The lowest BCUT2D eigenvalue weighted by Crippen LogP contribution is -2.26. The second-order valence-corrected chi connectivity index (χ2v) is 5.66. The van der Waals surface area contributed by atoms with E-state index in [9.17, 15) is 9.59 Å². The number of amides is 1. The molecule has 0 aromatic carbocycles. The lowest BCUT2D eigenvalue weighted by molar-refractivity contribution is -0.141. The molecule has 1 amide bonds. The Morgan fingerprint density at radius 1 is 1.36 bits per heavy atom. The Hall–Kier alpha value is -2.28. The van der Waals surface area contributed by atoms with E-state index in [1.807, 2.05) is 19.1 Å². The summed E-state index contributed by atoms with van der Waals surface area (Å²) >= 11 is 1.43. The van der Waals surface area contributed by atoms with Gasteiger partial charge in [0.2, 0.25) is 5.91 Å². The molecule has 0 unspecified atom stereocenters. The van der Waals surface area contributed by atoms with Crippen LogP contribution in [0.5, 0.6) is 0 Å². The number of thiazole rings is 1. The van der Waals surface area contributed by atoms with Crippen molar-refractivity contribution in [2.45, 2.75) is 19.8 Å². The van der Waals surface area contributed by atoms with Gasteiger partial charge in [-0.05, 0) is 19.1 Å². The first-order chi connectivity index (χ1) is 10.5. The third-order valence-electron chi connectivity index (χ3n) is 3.13. The lowest BCUT2D eigenvalue weighted by atomic mass is 10.3. The maximum Gasteiger partial charge on any atom is 0.306 e. The van der Waals surface area contributed by atoms with Gasteiger partial charge in [0, 0.05) is 31.4 Å². The fraction of sp³-hybridized carbons (Fsp3) is 0.333. The summed E-state index contributed by atoms with van der Waals surface area (Å²) in [5, 5.41) is 1.59. The summed E-state index contributed by atoms with van der Waals surface area (Å²) in [5.74, 6) is -0.534. The summed E-state index contributed by atoms with van der Waals surface area (Å²) in [6, 6.07) is 3.77. The van der Waals surface area contributed by atoms with Crippen molar-refractivity contribution < 1.29 is 14.3 Å². The zero-order chi connectivity index (χ0) is 16.1. The van der Waals surface area contributed by atoms with E-state index >= 15 is 0 Å². The smallest absolute Gasteiger partial charge is 0.306 e. The van der Waals surface area contributed by atoms with Crippen molar-refractivity contribution in [1.29, 1.82) is 0 Å². The first-order valence-electron chi connectivity index (χ1n) is 6.74. The Balaban J connectivity index is 2.13. The lowest BCUT2D eigenvalue weighted by Gasteiger charge is -2.15. The summed E-state index contributed by atoms with van der Waals surface area (Å²) in [7, 11) is 3.00. The minimum atomic E-state index is -0.390. The monoisotopic (exact) mass is 319 g/mol. The van der Waals surface area contributed by atoms with Crippen molar-refractivity contribution in [1.82, 2.24) is 9.97 Å². The molecule has 0 aliphatic heterocycles. The van der Waals surface area contributed by atoms with Crippen molar-refractivity contribution in [3.05, 3.63) is 30.2 Å². The molecular weight excluding hydrogens is 302 g/mol. The van der Waals surface area contributed by atoms with Crippen LogP contribution in [0.4, 0.5) is 5.00 Å². The topological polar surface area (TPSA) is 72.4 Å². The average Bonchev–Trinajstić information content (AvgIpc) is 2.94. The van der Waals surface area contributed by atoms with Gasteiger partial charge in [-0.3, -0.25) is 14.6 Å². The van der Waals surface area contributed by atoms with E-state index in [2.05, 4.69) is 14.7 Å². The van der Waals surface area contributed by atoms with Crippen LogP contribution in [0.3, 0.4) is 0 Å². The van der Waals surface area contributed by atoms with Gasteiger partial charge in [0.25, 0.3) is 0 Å². The highest BCUT2D eigenvalue weighted by Gasteiger charge is 2.19. The third-order valence-corrected chi connectivity index (χ3v) is 4.41. The molecule has 6 nitrogen and oxygen atoms in total. The Labute approximate surface area is 132 Å². The van der Waals surface area contributed by atoms with Gasteiger partial charge in [0.05, 0.1) is 19.2 Å². The van der Waals surface area contributed by atoms with Gasteiger partial charge in [0.1, 0.15) is 10.0 Å². The second kappa shape index (κ2) is 7.13. The molecule has 0 saturated heterocycles. The van der Waals surface area contributed by atoms with Gasteiger partial charge in [-0.25, -0.2) is 4.98 Å². The highest BCUT2D eigenvalue weighted by atomic mass is 32.1. The SMILES string of the molecule is COC(=O)CCC(=O)N(C)c1sc(-c2cccnc2)nc1C. The van der Waals surface area contributed by atoms with Crippen LogP contribution in [0.25, 0.3) is 10.6 Å². The van der Waals surface area contributed by atoms with Crippen molar-refractivity contribution in [3.8, 4) is 10.6 Å². The normalized spacial score (nSPS) is 10.3. The highest BCUT2D eigenvalue weighted by Crippen LogP contribution is 2.33. The first kappa shape index (κ1) is 16.1. The Bertz CT molecular complexity index is 670. The molecule has 2 heterocycles. The number of carbonyl (C=O) groups excluding carboxylic acids is 2. The molecule has 2 aromatic rings. The van der Waals surface area contributed by atoms with Crippen molar-refractivity contribution in [3.63, 3.8) is 0 Å². The van der Waals surface area contributed by atoms with Crippen LogP contribution in [0, 0.1) is 6.92 Å². The number of aromatic nitrogens is 2. The van der Waals surface area contributed by atoms with Gasteiger partial charge in [-0.15, -0.1) is 0 Å². The summed E-state index contributed by atoms with van der Waals surface area (Å²) in [6.45, 7) is 1.86. The highest BCUT2D eigenvalue weighted by molar-refractivity contribution is 7.19. The van der Waals surface area contributed by atoms with E-state index in [-0.39, 0.29) is 24.7 Å². The van der Waals surface area contributed by atoms with Crippen LogP contribution < -0.4 is 4.90 Å². The minimum Gasteiger partial charge on any atom is -0.469 e. The molecule has 7 heteroatoms. The van der Waals surface area contributed by atoms with Gasteiger partial charge < -0.3 is 9.64 Å². The van der Waals surface area contributed by atoms with Crippen molar-refractivity contribution in [2.75, 3.05) is 19.1 Å². The Morgan fingerprint density at radius 3 is 2.77 bits per heavy atom. The number of aryl methyl sites for hydroxylation is 1. The third kappa shape index (κ3) is 3.67. The van der Waals surface area contributed by atoms with E-state index < -0.39 is 0 Å². The summed E-state index contributed by atoms with van der Waals surface area (Å²) < 4.78 is 4.55. The van der Waals surface area contributed by atoms with E-state index in [4.69, 9.17) is 0 Å². The quantitative estimate of drug-likeness (QED) is 0.791. The predicted molar refractivity (Wildman–Crippen MR) is 84.7 cm³/mol. The number of carbonyl (C=O) groups is 2. The van der Waals surface area contributed by atoms with Gasteiger partial charge >= 0.3 is 5.97 Å². The van der Waals surface area contributed by atoms with E-state index in [1.165, 1.54) is 23.3 Å². The molecular formula is C15H17N3O3S. The minimum absolute atomic E-state index is 0.0764. The fourth-order valence-electron chi connectivity index (χ4n) is 1.90. The fourth-order valence-corrected chi connectivity index (χ4v) is 2.94. The first-order valence-corrected chi connectivity index (χ1v) is 7.55. The molecule has 0 fully saturated rings. The van der Waals surface area contributed by atoms with Gasteiger partial charge in [-0.2, -0.15) is 0 Å². The maximum atomic E-state index is 12.1. The van der Waals surface area contributed by atoms with E-state index in [1.54, 1.807) is 19.4 Å². The number of anilines is 1. The molecule has 0 aliphatic carbocycles. The molecule has 0 bridgehead atoms. The number of pyridine rings is 1. The summed E-state index contributed by atoms with van der Waals surface area (Å²) in [4.78, 5) is 33.4. The molecule has 2 aromatic heterocycles. The van der Waals surface area contributed by atoms with Crippen LogP contribution in [0.1, 0.15) is 18.5 Å². The van der Waals surface area contributed by atoms with Crippen LogP contribution in [0.2, 0.25) is 0 Å². The molecule has 0 N–H and O–H groups in total. The van der Waals surface area contributed by atoms with Crippen LogP contribution in [-0.2, 0) is 14.3 Å². The molecule has 2 rings (SSSR count). The number of ether oxygens (including phenoxy) is 1. The molecule has 22 heavy (non-hydrogen) atoms. The van der Waals surface area contributed by atoms with Crippen LogP contribution >= 0.6 is 11.3 Å². The van der Waals surface area contributed by atoms with E-state index in [0.717, 1.165) is 21.3 Å². The summed E-state index contributed by atoms with van der Waals surface area (Å²) in [6.07, 6.45) is 3.63. The van der Waals surface area contributed by atoms with Gasteiger partial charge in [0.15, 0.2) is 0 Å². The number of nitrogens with zero attached hydrogens (tertiary/aromatic N) is 3. The number of rotatable bonds is 5. The zero-order valence-electron chi connectivity index (χ0n) is 12.7. The molecule has 0 aliphatic rings. The van der Waals surface area contributed by atoms with Gasteiger partial charge in [-0.1, -0.05) is 11.3 Å². The maximum absolute atomic E-state index is 12.1. The van der Waals surface area contributed by atoms with E-state index in [0.29, 0.717) is 0 Å². The standard InChI is InChI=1S/C15H17N3O3S/c1-10-15(18(2)12(19)6-7-13(20)21-3)22-14(17-10)11-5-4-8-16-9-11/h4-5,8-9H,6-7H2,1-3H3. The van der Waals surface area contributed by atoms with Crippen molar-refractivity contribution >= 4 is 28.2 Å². The number of methoxy groups -OCH3 is 1. The summed E-state index contributed by atoms with van der Waals surface area (Å²) in [5.41, 5.74) is 1.69. The average molecular weight is 319 g/mol. The second-order valence-electron chi connectivity index (χ2n) is 4.68. The van der Waals surface area contributed by atoms with Crippen LogP contribution in [-0.4, -0.2) is 36.0 Å². The predicted octanol–water partition coefficient (Wildman–Crippen LogP) is 2.43. The number of hydrogen-bond donors (Lipinski definition) is 0. The molecule has 0 saturated carbocycles. The molecule has 0 spiro atoms. The Kier molecular flexibility index (Phi) is 5.21. The number of hydrogen-bond acceptors (Lipinski definition) is 6. The molecule has 0 radical (unpaired) electrons. The number of esters is 1. The largest absolute Gasteiger partial charge is 0.469 e. The molecule has 116 valence electrons. The van der Waals surface area contributed by atoms with Crippen molar-refractivity contribution in [2.24, 2.45) is 0 Å². The zero-order valence-corrected chi connectivity index (χ0v) is 13.5. The Morgan fingerprint density at radius 2 is 2.14 bits per heavy atom. The van der Waals surface area contributed by atoms with Crippen LogP contribution in [0.15, 0.2) is 24.5 Å². The molecule has 0 atom stereocenters.